The van der Waals surface area contributed by atoms with Gasteiger partial charge < -0.3 is 5.32 Å². The molecule has 23 heavy (non-hydrogen) atoms. The molecule has 0 spiro atoms. The molecule has 1 aromatic carbocycles. The number of aryl methyl sites for hydroxylation is 1. The number of piperidine rings is 1. The number of benzene rings is 1. The Morgan fingerprint density at radius 1 is 1.26 bits per heavy atom. The predicted molar refractivity (Wildman–Crippen MR) is 90.6 cm³/mol. The second-order valence-corrected chi connectivity index (χ2v) is 8.02. The van der Waals surface area contributed by atoms with E-state index in [1.54, 1.807) is 12.1 Å². The number of sulfonamides is 1. The molecule has 0 aliphatic carbocycles. The van der Waals surface area contributed by atoms with Crippen LogP contribution >= 0.6 is 0 Å². The smallest absolute Gasteiger partial charge is 0.243 e. The van der Waals surface area contributed by atoms with Gasteiger partial charge in [-0.15, -0.1) is 0 Å². The predicted octanol–water partition coefficient (Wildman–Crippen LogP) is 2.45. The number of nitrogens with zero attached hydrogens (tertiary/aromatic N) is 1. The quantitative estimate of drug-likeness (QED) is 0.866. The molecule has 1 heterocycles. The molecule has 1 aliphatic heterocycles. The van der Waals surface area contributed by atoms with Crippen LogP contribution in [-0.2, 0) is 14.8 Å². The summed E-state index contributed by atoms with van der Waals surface area (Å²) in [6, 6.07) is 7.15. The first-order valence-electron chi connectivity index (χ1n) is 8.30. The Hall–Kier alpha value is -1.40. The van der Waals surface area contributed by atoms with E-state index in [0.717, 1.165) is 18.4 Å². The average molecular weight is 338 g/mol. The van der Waals surface area contributed by atoms with E-state index >= 15 is 0 Å². The van der Waals surface area contributed by atoms with Gasteiger partial charge in [0.2, 0.25) is 15.9 Å². The van der Waals surface area contributed by atoms with Gasteiger partial charge in [-0.1, -0.05) is 31.5 Å². The Bertz CT molecular complexity index is 635. The van der Waals surface area contributed by atoms with Crippen molar-refractivity contribution >= 4 is 15.9 Å². The zero-order valence-corrected chi connectivity index (χ0v) is 14.7. The lowest BCUT2D eigenvalue weighted by Crippen LogP contribution is -2.46. The fraction of sp³-hybridized carbons (Fsp3) is 0.588. The SMILES string of the molecule is CCCCC(=O)NC1CCN(S(=O)(=O)c2ccccc2C)CC1. The van der Waals surface area contributed by atoms with E-state index in [1.807, 2.05) is 19.1 Å². The summed E-state index contributed by atoms with van der Waals surface area (Å²) in [6.45, 7) is 4.78. The summed E-state index contributed by atoms with van der Waals surface area (Å²) >= 11 is 0. The van der Waals surface area contributed by atoms with Crippen molar-refractivity contribution in [2.75, 3.05) is 13.1 Å². The van der Waals surface area contributed by atoms with E-state index < -0.39 is 10.0 Å². The van der Waals surface area contributed by atoms with Gasteiger partial charge in [0.25, 0.3) is 0 Å². The number of unbranched alkanes of at least 4 members (excludes halogenated alkanes) is 1. The van der Waals surface area contributed by atoms with Crippen LogP contribution in [0.2, 0.25) is 0 Å². The monoisotopic (exact) mass is 338 g/mol. The minimum Gasteiger partial charge on any atom is -0.353 e. The molecule has 1 saturated heterocycles. The second-order valence-electron chi connectivity index (χ2n) is 6.11. The molecule has 128 valence electrons. The van der Waals surface area contributed by atoms with Gasteiger partial charge in [0.15, 0.2) is 0 Å². The zero-order chi connectivity index (χ0) is 16.9. The highest BCUT2D eigenvalue weighted by Crippen LogP contribution is 2.23. The lowest BCUT2D eigenvalue weighted by Gasteiger charge is -2.32. The van der Waals surface area contributed by atoms with Crippen LogP contribution in [0.1, 0.15) is 44.6 Å². The molecule has 2 rings (SSSR count). The van der Waals surface area contributed by atoms with Crippen molar-refractivity contribution in [2.45, 2.75) is 56.9 Å². The first-order chi connectivity index (χ1) is 10.9. The summed E-state index contributed by atoms with van der Waals surface area (Å²) in [6.07, 6.45) is 3.79. The molecule has 0 bridgehead atoms. The maximum absolute atomic E-state index is 12.7. The van der Waals surface area contributed by atoms with Crippen molar-refractivity contribution in [1.82, 2.24) is 9.62 Å². The number of rotatable bonds is 6. The maximum Gasteiger partial charge on any atom is 0.243 e. The number of carbonyl (C=O) groups is 1. The highest BCUT2D eigenvalue weighted by Gasteiger charge is 2.30. The van der Waals surface area contributed by atoms with Crippen molar-refractivity contribution in [3.05, 3.63) is 29.8 Å². The van der Waals surface area contributed by atoms with Gasteiger partial charge in [-0.2, -0.15) is 4.31 Å². The van der Waals surface area contributed by atoms with E-state index in [2.05, 4.69) is 12.2 Å². The van der Waals surface area contributed by atoms with E-state index in [4.69, 9.17) is 0 Å². The van der Waals surface area contributed by atoms with Gasteiger partial charge in [-0.3, -0.25) is 4.79 Å². The molecule has 1 aromatic rings. The van der Waals surface area contributed by atoms with E-state index in [0.29, 0.717) is 37.2 Å². The molecule has 0 aromatic heterocycles. The molecule has 1 aliphatic rings. The Morgan fingerprint density at radius 3 is 2.52 bits per heavy atom. The molecule has 6 heteroatoms. The summed E-state index contributed by atoms with van der Waals surface area (Å²) in [7, 11) is -3.44. The van der Waals surface area contributed by atoms with Crippen LogP contribution in [0.3, 0.4) is 0 Å². The van der Waals surface area contributed by atoms with Gasteiger partial charge in [0.05, 0.1) is 4.90 Å². The third-order valence-electron chi connectivity index (χ3n) is 4.29. The third-order valence-corrected chi connectivity index (χ3v) is 6.35. The summed E-state index contributed by atoms with van der Waals surface area (Å²) in [5.74, 6) is 0.0760. The van der Waals surface area contributed by atoms with Crippen molar-refractivity contribution in [2.24, 2.45) is 0 Å². The molecule has 5 nitrogen and oxygen atoms in total. The Kier molecular flexibility index (Phi) is 6.18. The standard InChI is InChI=1S/C17H26N2O3S/c1-3-4-9-17(20)18-15-10-12-19(13-11-15)23(21,22)16-8-6-5-7-14(16)2/h5-8,15H,3-4,9-13H2,1-2H3,(H,18,20). The van der Waals surface area contributed by atoms with Crippen molar-refractivity contribution in [3.63, 3.8) is 0 Å². The minimum atomic E-state index is -3.44. The van der Waals surface area contributed by atoms with Crippen LogP contribution in [0.15, 0.2) is 29.2 Å². The first-order valence-corrected chi connectivity index (χ1v) is 9.74. The largest absolute Gasteiger partial charge is 0.353 e. The topological polar surface area (TPSA) is 66.5 Å². The first kappa shape index (κ1) is 17.9. The molecule has 1 amide bonds. The molecule has 1 fully saturated rings. The van der Waals surface area contributed by atoms with Crippen LogP contribution in [-0.4, -0.2) is 37.8 Å². The fourth-order valence-electron chi connectivity index (χ4n) is 2.86. The summed E-state index contributed by atoms with van der Waals surface area (Å²) in [5.41, 5.74) is 0.766. The summed E-state index contributed by atoms with van der Waals surface area (Å²) < 4.78 is 27.0. The van der Waals surface area contributed by atoms with Crippen LogP contribution in [0, 0.1) is 6.92 Å². The van der Waals surface area contributed by atoms with E-state index in [9.17, 15) is 13.2 Å². The van der Waals surface area contributed by atoms with Gasteiger partial charge >= 0.3 is 0 Å². The van der Waals surface area contributed by atoms with Gasteiger partial charge in [-0.05, 0) is 37.8 Å². The number of amides is 1. The second kappa shape index (κ2) is 7.93. The normalized spacial score (nSPS) is 17.1. The Balaban J connectivity index is 1.94. The van der Waals surface area contributed by atoms with E-state index in [-0.39, 0.29) is 11.9 Å². The van der Waals surface area contributed by atoms with Crippen LogP contribution in [0.25, 0.3) is 0 Å². The fourth-order valence-corrected chi connectivity index (χ4v) is 4.56. The highest BCUT2D eigenvalue weighted by atomic mass is 32.2. The molecule has 0 unspecified atom stereocenters. The number of nitrogens with one attached hydrogen (secondary N) is 1. The maximum atomic E-state index is 12.7. The summed E-state index contributed by atoms with van der Waals surface area (Å²) in [4.78, 5) is 12.2. The van der Waals surface area contributed by atoms with Crippen LogP contribution in [0.5, 0.6) is 0 Å². The molecular formula is C17H26N2O3S. The number of carbonyl (C=O) groups excluding carboxylic acids is 1. The zero-order valence-electron chi connectivity index (χ0n) is 13.9. The molecule has 0 atom stereocenters. The third kappa shape index (κ3) is 4.54. The lowest BCUT2D eigenvalue weighted by atomic mass is 10.1. The lowest BCUT2D eigenvalue weighted by molar-refractivity contribution is -0.122. The minimum absolute atomic E-state index is 0.0760. The highest BCUT2D eigenvalue weighted by molar-refractivity contribution is 7.89. The van der Waals surface area contributed by atoms with Crippen LogP contribution in [0.4, 0.5) is 0 Å². The Morgan fingerprint density at radius 2 is 1.91 bits per heavy atom. The molecular weight excluding hydrogens is 312 g/mol. The number of hydrogen-bond donors (Lipinski definition) is 1. The Labute approximate surface area is 139 Å². The van der Waals surface area contributed by atoms with Gasteiger partial charge in [0, 0.05) is 25.6 Å². The van der Waals surface area contributed by atoms with Gasteiger partial charge in [-0.25, -0.2) is 8.42 Å². The molecule has 0 radical (unpaired) electrons. The van der Waals surface area contributed by atoms with Crippen LogP contribution < -0.4 is 5.32 Å². The van der Waals surface area contributed by atoms with Crippen molar-refractivity contribution < 1.29 is 13.2 Å². The molecule has 0 saturated carbocycles. The van der Waals surface area contributed by atoms with E-state index in [1.165, 1.54) is 4.31 Å². The summed E-state index contributed by atoms with van der Waals surface area (Å²) in [5, 5.41) is 3.02. The molecule has 1 N–H and O–H groups in total. The number of hydrogen-bond acceptors (Lipinski definition) is 3. The van der Waals surface area contributed by atoms with Crippen molar-refractivity contribution in [1.29, 1.82) is 0 Å². The van der Waals surface area contributed by atoms with Gasteiger partial charge in [0.1, 0.15) is 0 Å². The van der Waals surface area contributed by atoms with Crippen molar-refractivity contribution in [3.8, 4) is 0 Å². The average Bonchev–Trinajstić information content (AvgIpc) is 2.53.